The predicted molar refractivity (Wildman–Crippen MR) is 215 cm³/mol. The van der Waals surface area contributed by atoms with Crippen molar-refractivity contribution in [1.82, 2.24) is 4.98 Å². The summed E-state index contributed by atoms with van der Waals surface area (Å²) in [5.74, 6) is 0. The molecule has 0 unspecified atom stereocenters. The molecular weight excluding hydrogens is 641 g/mol. The number of fused-ring (bicyclic) bond motifs is 6. The molecule has 0 radical (unpaired) electrons. The number of para-hydroxylation sites is 1. The number of hydrogen-bond acceptors (Lipinski definition) is 4. The monoisotopic (exact) mass is 670 g/mol. The van der Waals surface area contributed by atoms with Gasteiger partial charge >= 0.3 is 0 Å². The molecule has 3 nitrogen and oxygen atoms in total. The van der Waals surface area contributed by atoms with Gasteiger partial charge in [0.2, 0.25) is 0 Å². The van der Waals surface area contributed by atoms with Crippen LogP contribution in [0.15, 0.2) is 187 Å². The second kappa shape index (κ2) is 12.1. The van der Waals surface area contributed by atoms with Crippen LogP contribution in [0.25, 0.3) is 75.6 Å². The van der Waals surface area contributed by atoms with E-state index >= 15 is 0 Å². The lowest BCUT2D eigenvalue weighted by molar-refractivity contribution is 0.669. The molecule has 10 rings (SSSR count). The number of benzene rings is 7. The fourth-order valence-electron chi connectivity index (χ4n) is 7.24. The molecule has 0 aliphatic rings. The minimum absolute atomic E-state index is 0.906. The van der Waals surface area contributed by atoms with E-state index in [1.165, 1.54) is 31.3 Å². The molecule has 3 heterocycles. The van der Waals surface area contributed by atoms with Crippen LogP contribution in [0.2, 0.25) is 0 Å². The van der Waals surface area contributed by atoms with Crippen LogP contribution in [0.3, 0.4) is 0 Å². The number of hydrogen-bond donors (Lipinski definition) is 0. The fourth-order valence-corrected chi connectivity index (χ4v) is 8.47. The van der Waals surface area contributed by atoms with Crippen molar-refractivity contribution < 1.29 is 4.42 Å². The van der Waals surface area contributed by atoms with Gasteiger partial charge in [-0.1, -0.05) is 103 Å². The highest BCUT2D eigenvalue weighted by atomic mass is 32.1. The highest BCUT2D eigenvalue weighted by Crippen LogP contribution is 2.42. The Bertz CT molecular complexity index is 2830. The van der Waals surface area contributed by atoms with Gasteiger partial charge < -0.3 is 9.32 Å². The van der Waals surface area contributed by atoms with Gasteiger partial charge in [0.15, 0.2) is 0 Å². The predicted octanol–water partition coefficient (Wildman–Crippen LogP) is 13.8. The smallest absolute Gasteiger partial charge is 0.135 e. The fraction of sp³-hybridized carbons (Fsp3) is 0. The van der Waals surface area contributed by atoms with E-state index in [0.717, 1.165) is 61.4 Å². The van der Waals surface area contributed by atoms with Crippen LogP contribution in [0.4, 0.5) is 17.1 Å². The maximum absolute atomic E-state index is 6.09. The van der Waals surface area contributed by atoms with E-state index in [-0.39, 0.29) is 0 Å². The summed E-state index contributed by atoms with van der Waals surface area (Å²) < 4.78 is 8.73. The third-order valence-corrected chi connectivity index (χ3v) is 11.0. The molecule has 0 atom stereocenters. The molecule has 4 heteroatoms. The second-order valence-electron chi connectivity index (χ2n) is 12.8. The summed E-state index contributed by atoms with van der Waals surface area (Å²) in [5.41, 5.74) is 11.9. The number of nitrogens with zero attached hydrogens (tertiary/aromatic N) is 2. The van der Waals surface area contributed by atoms with Crippen LogP contribution in [-0.2, 0) is 0 Å². The maximum atomic E-state index is 6.09. The zero-order chi connectivity index (χ0) is 33.7. The van der Waals surface area contributed by atoms with Gasteiger partial charge in [-0.3, -0.25) is 4.98 Å². The van der Waals surface area contributed by atoms with Gasteiger partial charge in [0.1, 0.15) is 11.2 Å². The molecule has 0 spiro atoms. The lowest BCUT2D eigenvalue weighted by Gasteiger charge is -2.26. The van der Waals surface area contributed by atoms with E-state index in [2.05, 4.69) is 155 Å². The van der Waals surface area contributed by atoms with Crippen LogP contribution in [0, 0.1) is 0 Å². The molecule has 0 amide bonds. The topological polar surface area (TPSA) is 29.3 Å². The average molecular weight is 671 g/mol. The SMILES string of the molecule is c1ccc(-c2ccc(N(c3ccc(-c4ccc5oc6ccccc6c5c4)cc3)c3ccc(-c4cccc5c4sc4ccccc45)cc3)cc2)nc1. The lowest BCUT2D eigenvalue weighted by Crippen LogP contribution is -2.09. The highest BCUT2D eigenvalue weighted by Gasteiger charge is 2.16. The number of rotatable bonds is 6. The van der Waals surface area contributed by atoms with Crippen molar-refractivity contribution in [3.63, 3.8) is 0 Å². The normalized spacial score (nSPS) is 11.5. The number of aromatic nitrogens is 1. The number of anilines is 3. The third kappa shape index (κ3) is 5.16. The minimum Gasteiger partial charge on any atom is -0.456 e. The summed E-state index contributed by atoms with van der Waals surface area (Å²) in [6.07, 6.45) is 1.84. The highest BCUT2D eigenvalue weighted by molar-refractivity contribution is 7.26. The summed E-state index contributed by atoms with van der Waals surface area (Å²) in [6.45, 7) is 0. The number of thiophene rings is 1. The van der Waals surface area contributed by atoms with Crippen molar-refractivity contribution in [2.45, 2.75) is 0 Å². The molecular formula is C47H30N2OS. The molecule has 51 heavy (non-hydrogen) atoms. The standard InChI is InChI=1S/C47H30N2OS/c1-3-13-44-39(8-1)42-30-34(21-28-45(42)50-44)31-15-22-35(23-16-31)49(37-26-19-33(20-27-37)43-12-5-6-29-48-43)36-24-17-32(18-25-36)38-10-7-11-41-40-9-2-4-14-46(40)51-47(38)41/h1-30H. The molecule has 0 bridgehead atoms. The molecule has 0 saturated heterocycles. The van der Waals surface area contributed by atoms with Gasteiger partial charge in [0.05, 0.1) is 5.69 Å². The summed E-state index contributed by atoms with van der Waals surface area (Å²) >= 11 is 1.87. The van der Waals surface area contributed by atoms with Crippen LogP contribution < -0.4 is 4.90 Å². The van der Waals surface area contributed by atoms with Gasteiger partial charge in [-0.25, -0.2) is 0 Å². The summed E-state index contributed by atoms with van der Waals surface area (Å²) in [4.78, 5) is 6.89. The van der Waals surface area contributed by atoms with E-state index in [0.29, 0.717) is 0 Å². The Labute approximate surface area is 299 Å². The van der Waals surface area contributed by atoms with E-state index < -0.39 is 0 Å². The molecule has 0 aliphatic carbocycles. The lowest BCUT2D eigenvalue weighted by atomic mass is 10.0. The van der Waals surface area contributed by atoms with Crippen molar-refractivity contribution in [2.75, 3.05) is 4.90 Å². The van der Waals surface area contributed by atoms with Gasteiger partial charge in [-0.2, -0.15) is 0 Å². The molecule has 0 N–H and O–H groups in total. The first-order chi connectivity index (χ1) is 25.3. The Morgan fingerprint density at radius 1 is 0.431 bits per heavy atom. The molecule has 0 fully saturated rings. The average Bonchev–Trinajstić information content (AvgIpc) is 3.77. The largest absolute Gasteiger partial charge is 0.456 e. The van der Waals surface area contributed by atoms with E-state index in [1.54, 1.807) is 0 Å². The van der Waals surface area contributed by atoms with E-state index in [1.807, 2.05) is 47.9 Å². The van der Waals surface area contributed by atoms with Crippen molar-refractivity contribution in [3.8, 4) is 33.5 Å². The van der Waals surface area contributed by atoms with Crippen molar-refractivity contribution >= 4 is 70.5 Å². The minimum atomic E-state index is 0.906. The Balaban J connectivity index is 1.04. The van der Waals surface area contributed by atoms with Gasteiger partial charge in [-0.05, 0) is 95.1 Å². The van der Waals surface area contributed by atoms with Crippen LogP contribution in [-0.4, -0.2) is 4.98 Å². The maximum Gasteiger partial charge on any atom is 0.135 e. The Morgan fingerprint density at radius 3 is 1.78 bits per heavy atom. The molecule has 7 aromatic carbocycles. The van der Waals surface area contributed by atoms with Crippen LogP contribution in [0.5, 0.6) is 0 Å². The number of furan rings is 1. The molecule has 0 aliphatic heterocycles. The zero-order valence-corrected chi connectivity index (χ0v) is 28.3. The van der Waals surface area contributed by atoms with Gasteiger partial charge in [0, 0.05) is 59.8 Å². The van der Waals surface area contributed by atoms with E-state index in [9.17, 15) is 0 Å². The first kappa shape index (κ1) is 29.4. The van der Waals surface area contributed by atoms with Crippen molar-refractivity contribution in [2.24, 2.45) is 0 Å². The molecule has 10 aromatic rings. The van der Waals surface area contributed by atoms with E-state index in [4.69, 9.17) is 4.42 Å². The Morgan fingerprint density at radius 2 is 1.04 bits per heavy atom. The van der Waals surface area contributed by atoms with Crippen molar-refractivity contribution in [1.29, 1.82) is 0 Å². The van der Waals surface area contributed by atoms with Crippen LogP contribution >= 0.6 is 11.3 Å². The first-order valence-electron chi connectivity index (χ1n) is 17.1. The first-order valence-corrected chi connectivity index (χ1v) is 17.9. The van der Waals surface area contributed by atoms with Crippen molar-refractivity contribution in [3.05, 3.63) is 182 Å². The molecule has 0 saturated carbocycles. The Hall–Kier alpha value is -6.49. The quantitative estimate of drug-likeness (QED) is 0.176. The zero-order valence-electron chi connectivity index (χ0n) is 27.5. The molecule has 3 aromatic heterocycles. The van der Waals surface area contributed by atoms with Crippen LogP contribution in [0.1, 0.15) is 0 Å². The van der Waals surface area contributed by atoms with Gasteiger partial charge in [0.25, 0.3) is 0 Å². The Kier molecular flexibility index (Phi) is 7.00. The number of pyridine rings is 1. The third-order valence-electron chi connectivity index (χ3n) is 9.76. The second-order valence-corrected chi connectivity index (χ2v) is 13.8. The summed E-state index contributed by atoms with van der Waals surface area (Å²) in [7, 11) is 0. The summed E-state index contributed by atoms with van der Waals surface area (Å²) in [5, 5.41) is 4.90. The summed E-state index contributed by atoms with van der Waals surface area (Å²) in [6, 6.07) is 62.5. The molecule has 240 valence electrons. The van der Waals surface area contributed by atoms with Gasteiger partial charge in [-0.15, -0.1) is 11.3 Å².